The SMILES string of the molecule is C[C@]12CC[C@H]3[C@@H](C[C@@H]4O[C@]45C[C@@H](O)CC[C@]35C)[C@@H]1CC[C@@]21CO1. The van der Waals surface area contributed by atoms with Crippen LogP contribution in [-0.4, -0.2) is 35.1 Å². The lowest BCUT2D eigenvalue weighted by molar-refractivity contribution is -0.115. The smallest absolute Gasteiger partial charge is 0.103 e. The van der Waals surface area contributed by atoms with Crippen molar-refractivity contribution in [1.82, 2.24) is 0 Å². The second kappa shape index (κ2) is 3.83. The molecule has 0 aromatic carbocycles. The van der Waals surface area contributed by atoms with Gasteiger partial charge in [0.25, 0.3) is 0 Å². The summed E-state index contributed by atoms with van der Waals surface area (Å²) in [5.41, 5.74) is 1.02. The highest BCUT2D eigenvalue weighted by Gasteiger charge is 2.78. The Labute approximate surface area is 139 Å². The number of aliphatic hydroxyl groups is 1. The van der Waals surface area contributed by atoms with Crippen molar-refractivity contribution in [1.29, 1.82) is 0 Å². The van der Waals surface area contributed by atoms with Crippen molar-refractivity contribution in [3.63, 3.8) is 0 Å². The maximum atomic E-state index is 10.2. The molecule has 6 aliphatic rings. The molecule has 2 saturated heterocycles. The van der Waals surface area contributed by atoms with Gasteiger partial charge < -0.3 is 14.6 Å². The third kappa shape index (κ3) is 1.39. The molecule has 0 unspecified atom stereocenters. The van der Waals surface area contributed by atoms with Gasteiger partial charge in [0.2, 0.25) is 0 Å². The van der Waals surface area contributed by atoms with Gasteiger partial charge in [-0.3, -0.25) is 0 Å². The minimum atomic E-state index is -0.131. The predicted octanol–water partition coefficient (Wildman–Crippen LogP) is 3.29. The zero-order valence-corrected chi connectivity index (χ0v) is 14.5. The molecule has 4 saturated carbocycles. The number of rotatable bonds is 0. The first kappa shape index (κ1) is 14.1. The van der Waals surface area contributed by atoms with E-state index in [4.69, 9.17) is 9.47 Å². The summed E-state index contributed by atoms with van der Waals surface area (Å²) < 4.78 is 12.4. The van der Waals surface area contributed by atoms with Crippen LogP contribution in [0.1, 0.15) is 65.2 Å². The zero-order valence-electron chi connectivity index (χ0n) is 14.5. The van der Waals surface area contributed by atoms with Crippen LogP contribution >= 0.6 is 0 Å². The van der Waals surface area contributed by atoms with Crippen molar-refractivity contribution < 1.29 is 14.6 Å². The Kier molecular flexibility index (Phi) is 2.35. The van der Waals surface area contributed by atoms with Gasteiger partial charge in [0.1, 0.15) is 5.60 Å². The molecule has 1 N–H and O–H groups in total. The summed E-state index contributed by atoms with van der Waals surface area (Å²) in [6.07, 6.45) is 9.96. The maximum absolute atomic E-state index is 10.2. The van der Waals surface area contributed by atoms with E-state index in [1.165, 1.54) is 32.1 Å². The Bertz CT molecular complexity index is 571. The van der Waals surface area contributed by atoms with Gasteiger partial charge in [-0.15, -0.1) is 0 Å². The largest absolute Gasteiger partial charge is 0.393 e. The normalized spacial score (nSPS) is 68.7. The predicted molar refractivity (Wildman–Crippen MR) is 85.9 cm³/mol. The average molecular weight is 318 g/mol. The molecular weight excluding hydrogens is 288 g/mol. The molecule has 3 nitrogen and oxygen atoms in total. The van der Waals surface area contributed by atoms with Gasteiger partial charge in [-0.2, -0.15) is 0 Å². The second-order valence-electron chi connectivity index (χ2n) is 10.2. The van der Waals surface area contributed by atoms with E-state index in [9.17, 15) is 5.11 Å². The highest BCUT2D eigenvalue weighted by Crippen LogP contribution is 2.75. The highest BCUT2D eigenvalue weighted by atomic mass is 16.6. The van der Waals surface area contributed by atoms with Gasteiger partial charge in [0, 0.05) is 17.3 Å². The van der Waals surface area contributed by atoms with Crippen molar-refractivity contribution in [3.8, 4) is 0 Å². The van der Waals surface area contributed by atoms with Crippen LogP contribution in [-0.2, 0) is 9.47 Å². The standard InChI is InChI=1S/C20H30O3/c1-17-7-4-15-13(14(17)5-8-19(17)11-22-19)9-16-20(23-16)10-12(21)3-6-18(15,20)2/h12-16,21H,3-11H2,1-2H3/t12-,13-,14-,15-,16-,17-,18+,19+,20+/m0/s1. The number of fused-ring (bicyclic) bond motifs is 5. The van der Waals surface area contributed by atoms with Crippen LogP contribution in [0, 0.1) is 28.6 Å². The second-order valence-corrected chi connectivity index (χ2v) is 10.2. The van der Waals surface area contributed by atoms with Gasteiger partial charge in [-0.05, 0) is 62.7 Å². The van der Waals surface area contributed by atoms with E-state index in [-0.39, 0.29) is 17.3 Å². The molecule has 4 aliphatic carbocycles. The summed E-state index contributed by atoms with van der Waals surface area (Å²) in [5.74, 6) is 2.48. The lowest BCUT2D eigenvalue weighted by Crippen LogP contribution is -2.59. The molecule has 2 aliphatic heterocycles. The van der Waals surface area contributed by atoms with Crippen molar-refractivity contribution >= 4 is 0 Å². The number of hydrogen-bond donors (Lipinski definition) is 1. The van der Waals surface area contributed by atoms with Gasteiger partial charge in [0.05, 0.1) is 24.4 Å². The monoisotopic (exact) mass is 318 g/mol. The molecule has 6 rings (SSSR count). The van der Waals surface area contributed by atoms with Gasteiger partial charge >= 0.3 is 0 Å². The highest BCUT2D eigenvalue weighted by molar-refractivity contribution is 5.26. The molecule has 6 fully saturated rings. The fourth-order valence-electron chi connectivity index (χ4n) is 8.31. The molecule has 0 radical (unpaired) electrons. The van der Waals surface area contributed by atoms with Crippen LogP contribution in [0.4, 0.5) is 0 Å². The van der Waals surface area contributed by atoms with E-state index in [1.807, 2.05) is 0 Å². The average Bonchev–Trinajstić information content (AvgIpc) is 3.38. The topological polar surface area (TPSA) is 45.3 Å². The Morgan fingerprint density at radius 3 is 2.43 bits per heavy atom. The molecule has 0 bridgehead atoms. The van der Waals surface area contributed by atoms with E-state index in [0.29, 0.717) is 16.9 Å². The van der Waals surface area contributed by atoms with Gasteiger partial charge in [0.15, 0.2) is 0 Å². The lowest BCUT2D eigenvalue weighted by atomic mass is 9.44. The molecule has 0 aromatic rings. The third-order valence-corrected chi connectivity index (χ3v) is 9.84. The molecule has 3 heteroatoms. The summed E-state index contributed by atoms with van der Waals surface area (Å²) in [6.45, 7) is 6.07. The Morgan fingerprint density at radius 2 is 1.65 bits per heavy atom. The molecule has 9 atom stereocenters. The first-order valence-corrected chi connectivity index (χ1v) is 9.94. The van der Waals surface area contributed by atoms with E-state index in [2.05, 4.69) is 13.8 Å². The summed E-state index contributed by atoms with van der Waals surface area (Å²) in [6, 6.07) is 0. The molecule has 128 valence electrons. The Morgan fingerprint density at radius 1 is 0.957 bits per heavy atom. The van der Waals surface area contributed by atoms with E-state index in [0.717, 1.165) is 43.6 Å². The molecule has 2 spiro atoms. The summed E-state index contributed by atoms with van der Waals surface area (Å²) in [4.78, 5) is 0. The number of epoxide rings is 2. The molecule has 2 heterocycles. The van der Waals surface area contributed by atoms with Crippen molar-refractivity contribution in [2.24, 2.45) is 28.6 Å². The number of ether oxygens (including phenoxy) is 2. The molecule has 0 amide bonds. The van der Waals surface area contributed by atoms with E-state index in [1.54, 1.807) is 0 Å². The molecular formula is C20H30O3. The van der Waals surface area contributed by atoms with E-state index < -0.39 is 0 Å². The summed E-state index contributed by atoms with van der Waals surface area (Å²) >= 11 is 0. The van der Waals surface area contributed by atoms with Gasteiger partial charge in [-0.25, -0.2) is 0 Å². The van der Waals surface area contributed by atoms with Crippen LogP contribution in [0.3, 0.4) is 0 Å². The quantitative estimate of drug-likeness (QED) is 0.697. The molecule has 0 aromatic heterocycles. The van der Waals surface area contributed by atoms with Crippen LogP contribution in [0.5, 0.6) is 0 Å². The van der Waals surface area contributed by atoms with Crippen LogP contribution in [0.25, 0.3) is 0 Å². The Hall–Kier alpha value is -0.120. The minimum Gasteiger partial charge on any atom is -0.393 e. The maximum Gasteiger partial charge on any atom is 0.103 e. The minimum absolute atomic E-state index is 0.0337. The van der Waals surface area contributed by atoms with Gasteiger partial charge in [-0.1, -0.05) is 13.8 Å². The number of hydrogen-bond acceptors (Lipinski definition) is 3. The van der Waals surface area contributed by atoms with Crippen LogP contribution in [0.2, 0.25) is 0 Å². The number of aliphatic hydroxyl groups excluding tert-OH is 1. The van der Waals surface area contributed by atoms with Crippen LogP contribution in [0.15, 0.2) is 0 Å². The Balaban J connectivity index is 1.39. The van der Waals surface area contributed by atoms with Crippen molar-refractivity contribution in [2.45, 2.75) is 88.6 Å². The first-order valence-electron chi connectivity index (χ1n) is 9.94. The fraction of sp³-hybridized carbons (Fsp3) is 1.00. The fourth-order valence-corrected chi connectivity index (χ4v) is 8.31. The summed E-state index contributed by atoms with van der Waals surface area (Å²) in [5, 5.41) is 10.2. The first-order chi connectivity index (χ1) is 10.9. The summed E-state index contributed by atoms with van der Waals surface area (Å²) in [7, 11) is 0. The zero-order chi connectivity index (χ0) is 15.7. The van der Waals surface area contributed by atoms with E-state index >= 15 is 0 Å². The third-order valence-electron chi connectivity index (χ3n) is 9.84. The lowest BCUT2D eigenvalue weighted by Gasteiger charge is -2.59. The molecule has 23 heavy (non-hydrogen) atoms. The van der Waals surface area contributed by atoms with Crippen molar-refractivity contribution in [3.05, 3.63) is 0 Å². The van der Waals surface area contributed by atoms with Crippen LogP contribution < -0.4 is 0 Å². The van der Waals surface area contributed by atoms with Crippen molar-refractivity contribution in [2.75, 3.05) is 6.61 Å².